The van der Waals surface area contributed by atoms with Gasteiger partial charge < -0.3 is 9.47 Å². The summed E-state index contributed by atoms with van der Waals surface area (Å²) in [4.78, 5) is 11.6. The molecule has 0 aromatic heterocycles. The van der Waals surface area contributed by atoms with Crippen LogP contribution < -0.4 is 0 Å². The number of hydrogen-bond acceptors (Lipinski definition) is 4. The highest BCUT2D eigenvalue weighted by Gasteiger charge is 2.61. The molecule has 0 aromatic rings. The Bertz CT molecular complexity index is 642. The molecule has 4 heteroatoms. The predicted molar refractivity (Wildman–Crippen MR) is 103 cm³/mol. The summed E-state index contributed by atoms with van der Waals surface area (Å²) >= 11 is 0. The molecule has 0 aromatic carbocycles. The molecule has 4 fully saturated rings. The number of nitrogens with zero attached hydrogens (tertiary/aromatic N) is 1. The van der Waals surface area contributed by atoms with Gasteiger partial charge in [0.05, 0.1) is 18.1 Å². The molecule has 150 valence electrons. The molecule has 0 N–H and O–H groups in total. The van der Waals surface area contributed by atoms with Gasteiger partial charge in [-0.15, -0.1) is 0 Å². The molecule has 9 unspecified atom stereocenters. The molecule has 0 amide bonds. The minimum atomic E-state index is -0.193. The van der Waals surface area contributed by atoms with Crippen LogP contribution in [0, 0.1) is 51.8 Å². The van der Waals surface area contributed by atoms with Gasteiger partial charge in [-0.3, -0.25) is 4.79 Å². The van der Waals surface area contributed by atoms with Crippen molar-refractivity contribution >= 4 is 5.97 Å². The summed E-state index contributed by atoms with van der Waals surface area (Å²) in [7, 11) is 1.76. The van der Waals surface area contributed by atoms with Crippen molar-refractivity contribution in [2.75, 3.05) is 7.11 Å². The first-order valence-corrected chi connectivity index (χ1v) is 10.9. The van der Waals surface area contributed by atoms with Gasteiger partial charge in [0.1, 0.15) is 6.10 Å². The summed E-state index contributed by atoms with van der Waals surface area (Å²) in [6, 6.07) is 2.64. The first kappa shape index (κ1) is 19.2. The molecule has 0 spiro atoms. The Hall–Kier alpha value is -1.08. The standard InChI is InChI=1S/C23H35NO3/c1-14(25)27-20-11-15-5-7-17-18-8-6-16(13-24)22(18,2)10-9-19(17)23(15,3)12-21(20)26-4/h15-21H,5-12H2,1-4H3. The number of fused-ring (bicyclic) bond motifs is 5. The van der Waals surface area contributed by atoms with Crippen molar-refractivity contribution < 1.29 is 14.3 Å². The Labute approximate surface area is 164 Å². The Morgan fingerprint density at radius 1 is 1.04 bits per heavy atom. The van der Waals surface area contributed by atoms with Crippen LogP contribution in [-0.2, 0) is 14.3 Å². The second kappa shape index (κ2) is 6.76. The predicted octanol–water partition coefficient (Wildman–Crippen LogP) is 4.73. The number of rotatable bonds is 2. The van der Waals surface area contributed by atoms with Crippen LogP contribution >= 0.6 is 0 Å². The third kappa shape index (κ3) is 2.84. The van der Waals surface area contributed by atoms with E-state index in [9.17, 15) is 10.1 Å². The van der Waals surface area contributed by atoms with Crippen molar-refractivity contribution in [3.05, 3.63) is 0 Å². The largest absolute Gasteiger partial charge is 0.460 e. The van der Waals surface area contributed by atoms with Crippen molar-refractivity contribution in [3.8, 4) is 6.07 Å². The number of esters is 1. The van der Waals surface area contributed by atoms with Gasteiger partial charge in [0.2, 0.25) is 0 Å². The lowest BCUT2D eigenvalue weighted by molar-refractivity contribution is -0.185. The summed E-state index contributed by atoms with van der Waals surface area (Å²) in [5.41, 5.74) is 0.501. The fraction of sp³-hybridized carbons (Fsp3) is 0.913. The highest BCUT2D eigenvalue weighted by Crippen LogP contribution is 2.67. The van der Waals surface area contributed by atoms with E-state index in [0.29, 0.717) is 11.8 Å². The van der Waals surface area contributed by atoms with Gasteiger partial charge in [0.15, 0.2) is 0 Å². The van der Waals surface area contributed by atoms with Crippen molar-refractivity contribution in [2.24, 2.45) is 40.4 Å². The molecule has 4 aliphatic carbocycles. The van der Waals surface area contributed by atoms with Crippen LogP contribution in [0.2, 0.25) is 0 Å². The lowest BCUT2D eigenvalue weighted by atomic mass is 9.44. The first-order chi connectivity index (χ1) is 12.8. The Kier molecular flexibility index (Phi) is 4.82. The summed E-state index contributed by atoms with van der Waals surface area (Å²) in [5, 5.41) is 9.66. The van der Waals surface area contributed by atoms with E-state index < -0.39 is 0 Å². The van der Waals surface area contributed by atoms with E-state index in [2.05, 4.69) is 19.9 Å². The molecule has 0 heterocycles. The fourth-order valence-electron chi connectivity index (χ4n) is 8.02. The smallest absolute Gasteiger partial charge is 0.302 e. The van der Waals surface area contributed by atoms with E-state index in [-0.39, 0.29) is 34.9 Å². The number of carbonyl (C=O) groups excluding carboxylic acids is 1. The highest BCUT2D eigenvalue weighted by atomic mass is 16.6. The number of hydrogen-bond donors (Lipinski definition) is 0. The lowest BCUT2D eigenvalue weighted by Gasteiger charge is -2.61. The van der Waals surface area contributed by atoms with Gasteiger partial charge >= 0.3 is 5.97 Å². The molecular formula is C23H35NO3. The molecule has 4 aliphatic rings. The Balaban J connectivity index is 1.58. The zero-order valence-corrected chi connectivity index (χ0v) is 17.4. The quantitative estimate of drug-likeness (QED) is 0.657. The van der Waals surface area contributed by atoms with Crippen molar-refractivity contribution in [1.82, 2.24) is 0 Å². The molecule has 0 bridgehead atoms. The average Bonchev–Trinajstić information content (AvgIpc) is 2.97. The number of carbonyl (C=O) groups is 1. The normalized spacial score (nSPS) is 51.4. The van der Waals surface area contributed by atoms with Gasteiger partial charge in [-0.25, -0.2) is 0 Å². The summed E-state index contributed by atoms with van der Waals surface area (Å²) in [6.45, 7) is 6.40. The van der Waals surface area contributed by atoms with E-state index in [1.165, 1.54) is 39.0 Å². The maximum Gasteiger partial charge on any atom is 0.302 e. The Morgan fingerprint density at radius 3 is 2.44 bits per heavy atom. The van der Waals surface area contributed by atoms with Gasteiger partial charge in [-0.05, 0) is 85.9 Å². The summed E-state index contributed by atoms with van der Waals surface area (Å²) in [6.07, 6.45) is 9.16. The van der Waals surface area contributed by atoms with Gasteiger partial charge in [0.25, 0.3) is 0 Å². The number of nitriles is 1. The maximum absolute atomic E-state index is 11.6. The molecule has 4 nitrogen and oxygen atoms in total. The first-order valence-electron chi connectivity index (χ1n) is 10.9. The topological polar surface area (TPSA) is 59.3 Å². The molecule has 27 heavy (non-hydrogen) atoms. The molecule has 0 radical (unpaired) electrons. The molecule has 0 saturated heterocycles. The SMILES string of the molecule is COC1CC2(C)C(CCC3C4CCC(C#N)C4(C)CCC32)CC1OC(C)=O. The minimum absolute atomic E-state index is 0.0117. The van der Waals surface area contributed by atoms with Gasteiger partial charge in [0, 0.05) is 14.0 Å². The minimum Gasteiger partial charge on any atom is -0.460 e. The van der Waals surface area contributed by atoms with Crippen LogP contribution in [0.15, 0.2) is 0 Å². The Morgan fingerprint density at radius 2 is 1.78 bits per heavy atom. The second-order valence-electron chi connectivity index (χ2n) is 10.3. The van der Waals surface area contributed by atoms with Crippen molar-refractivity contribution in [1.29, 1.82) is 5.26 Å². The molecular weight excluding hydrogens is 338 g/mol. The van der Waals surface area contributed by atoms with Crippen LogP contribution in [0.4, 0.5) is 0 Å². The zero-order chi connectivity index (χ0) is 19.4. The third-order valence-corrected chi connectivity index (χ3v) is 9.41. The monoisotopic (exact) mass is 373 g/mol. The average molecular weight is 374 g/mol. The number of ether oxygens (including phenoxy) is 2. The number of methoxy groups -OCH3 is 1. The van der Waals surface area contributed by atoms with E-state index in [1.54, 1.807) is 7.11 Å². The third-order valence-electron chi connectivity index (χ3n) is 9.41. The second-order valence-corrected chi connectivity index (χ2v) is 10.3. The van der Waals surface area contributed by atoms with Crippen molar-refractivity contribution in [3.63, 3.8) is 0 Å². The van der Waals surface area contributed by atoms with Gasteiger partial charge in [-0.2, -0.15) is 5.26 Å². The van der Waals surface area contributed by atoms with Crippen LogP contribution in [0.25, 0.3) is 0 Å². The van der Waals surface area contributed by atoms with Crippen LogP contribution in [0.5, 0.6) is 0 Å². The van der Waals surface area contributed by atoms with Crippen LogP contribution in [0.3, 0.4) is 0 Å². The van der Waals surface area contributed by atoms with E-state index in [4.69, 9.17) is 9.47 Å². The molecule has 4 saturated carbocycles. The van der Waals surface area contributed by atoms with Crippen LogP contribution in [0.1, 0.15) is 72.1 Å². The maximum atomic E-state index is 11.6. The van der Waals surface area contributed by atoms with E-state index >= 15 is 0 Å². The van der Waals surface area contributed by atoms with Gasteiger partial charge in [-0.1, -0.05) is 13.8 Å². The molecule has 9 atom stereocenters. The lowest BCUT2D eigenvalue weighted by Crippen LogP contribution is -2.57. The van der Waals surface area contributed by atoms with Crippen molar-refractivity contribution in [2.45, 2.75) is 84.3 Å². The van der Waals surface area contributed by atoms with Crippen LogP contribution in [-0.4, -0.2) is 25.3 Å². The molecule has 4 rings (SSSR count). The highest BCUT2D eigenvalue weighted by molar-refractivity contribution is 5.66. The zero-order valence-electron chi connectivity index (χ0n) is 17.4. The van der Waals surface area contributed by atoms with E-state index in [1.807, 2.05) is 0 Å². The molecule has 0 aliphatic heterocycles. The summed E-state index contributed by atoms with van der Waals surface area (Å²) in [5.74, 6) is 2.87. The summed E-state index contributed by atoms with van der Waals surface area (Å²) < 4.78 is 11.5. The fourth-order valence-corrected chi connectivity index (χ4v) is 8.02. The van der Waals surface area contributed by atoms with E-state index in [0.717, 1.165) is 31.1 Å².